The van der Waals surface area contributed by atoms with E-state index in [9.17, 15) is 9.90 Å². The van der Waals surface area contributed by atoms with Crippen LogP contribution in [0.4, 0.5) is 0 Å². The van der Waals surface area contributed by atoms with Gasteiger partial charge in [0, 0.05) is 0 Å². The quantitative estimate of drug-likeness (QED) is 0.495. The maximum Gasteiger partial charge on any atom is 0.328 e. The van der Waals surface area contributed by atoms with Crippen LogP contribution in [-0.4, -0.2) is 36.4 Å². The zero-order chi connectivity index (χ0) is 8.48. The lowest BCUT2D eigenvalue weighted by atomic mass is 9.97. The zero-order valence-electron chi connectivity index (χ0n) is 6.76. The molecule has 0 radical (unpaired) electrons. The zero-order valence-corrected chi connectivity index (χ0v) is 6.76. The first kappa shape index (κ1) is 8.49. The number of rotatable bonds is 1. The molecule has 0 aromatic rings. The van der Waals surface area contributed by atoms with E-state index in [0.29, 0.717) is 13.0 Å². The molecule has 1 heterocycles. The van der Waals surface area contributed by atoms with Gasteiger partial charge in [0.2, 0.25) is 0 Å². The lowest BCUT2D eigenvalue weighted by Crippen LogP contribution is -2.52. The fourth-order valence-corrected chi connectivity index (χ4v) is 1.30. The van der Waals surface area contributed by atoms with E-state index in [1.165, 1.54) is 7.11 Å². The standard InChI is InChI=1S/C7H13NO3/c1-7(6(10)11-2)5(9)3-4-8-7/h5,8-9H,3-4H2,1-2H3/t5-,7+/m1/s1. The normalized spacial score (nSPS) is 37.2. The van der Waals surface area contributed by atoms with E-state index in [-0.39, 0.29) is 0 Å². The van der Waals surface area contributed by atoms with Gasteiger partial charge < -0.3 is 9.84 Å². The van der Waals surface area contributed by atoms with E-state index in [2.05, 4.69) is 10.1 Å². The Morgan fingerprint density at radius 3 is 2.82 bits per heavy atom. The first-order valence-electron chi connectivity index (χ1n) is 3.63. The molecule has 0 aromatic carbocycles. The van der Waals surface area contributed by atoms with Crippen molar-refractivity contribution in [3.05, 3.63) is 0 Å². The van der Waals surface area contributed by atoms with Gasteiger partial charge in [0.15, 0.2) is 0 Å². The van der Waals surface area contributed by atoms with Crippen LogP contribution in [0.2, 0.25) is 0 Å². The minimum atomic E-state index is -0.894. The van der Waals surface area contributed by atoms with Crippen LogP contribution in [0, 0.1) is 0 Å². The summed E-state index contributed by atoms with van der Waals surface area (Å²) in [6.45, 7) is 2.31. The van der Waals surface area contributed by atoms with E-state index >= 15 is 0 Å². The number of esters is 1. The maximum absolute atomic E-state index is 11.1. The van der Waals surface area contributed by atoms with Crippen molar-refractivity contribution in [2.45, 2.75) is 25.0 Å². The average molecular weight is 159 g/mol. The lowest BCUT2D eigenvalue weighted by molar-refractivity contribution is -0.150. The number of carbonyl (C=O) groups excluding carboxylic acids is 1. The predicted molar refractivity (Wildman–Crippen MR) is 39.0 cm³/mol. The first-order chi connectivity index (χ1) is 5.11. The second kappa shape index (κ2) is 2.79. The summed E-state index contributed by atoms with van der Waals surface area (Å²) in [5.74, 6) is -0.400. The third-order valence-electron chi connectivity index (χ3n) is 2.19. The molecule has 4 nitrogen and oxygen atoms in total. The summed E-state index contributed by atoms with van der Waals surface area (Å²) in [5, 5.41) is 12.3. The monoisotopic (exact) mass is 159 g/mol. The van der Waals surface area contributed by atoms with Crippen LogP contribution < -0.4 is 5.32 Å². The van der Waals surface area contributed by atoms with Crippen LogP contribution in [0.15, 0.2) is 0 Å². The third-order valence-corrected chi connectivity index (χ3v) is 2.19. The summed E-state index contributed by atoms with van der Waals surface area (Å²) in [4.78, 5) is 11.1. The van der Waals surface area contributed by atoms with Crippen LogP contribution >= 0.6 is 0 Å². The minimum Gasteiger partial charge on any atom is -0.468 e. The summed E-state index contributed by atoms with van der Waals surface area (Å²) < 4.78 is 4.55. The molecule has 4 heteroatoms. The molecule has 0 bridgehead atoms. The molecular weight excluding hydrogens is 146 g/mol. The van der Waals surface area contributed by atoms with Crippen LogP contribution in [-0.2, 0) is 9.53 Å². The smallest absolute Gasteiger partial charge is 0.328 e. The topological polar surface area (TPSA) is 58.6 Å². The first-order valence-corrected chi connectivity index (χ1v) is 3.63. The number of carbonyl (C=O) groups is 1. The maximum atomic E-state index is 11.1. The molecule has 11 heavy (non-hydrogen) atoms. The number of nitrogens with one attached hydrogen (secondary N) is 1. The van der Waals surface area contributed by atoms with E-state index in [1.54, 1.807) is 6.92 Å². The van der Waals surface area contributed by atoms with Gasteiger partial charge in [-0.15, -0.1) is 0 Å². The van der Waals surface area contributed by atoms with Crippen molar-refractivity contribution in [1.82, 2.24) is 5.32 Å². The van der Waals surface area contributed by atoms with Gasteiger partial charge in [0.05, 0.1) is 13.2 Å². The summed E-state index contributed by atoms with van der Waals surface area (Å²) in [6, 6.07) is 0. The summed E-state index contributed by atoms with van der Waals surface area (Å²) in [5.41, 5.74) is -0.894. The van der Waals surface area contributed by atoms with Gasteiger partial charge in [-0.2, -0.15) is 0 Å². The van der Waals surface area contributed by atoms with Crippen molar-refractivity contribution in [1.29, 1.82) is 0 Å². The summed E-state index contributed by atoms with van der Waals surface area (Å²) in [7, 11) is 1.32. The highest BCUT2D eigenvalue weighted by Gasteiger charge is 2.44. The molecule has 1 aliphatic heterocycles. The highest BCUT2D eigenvalue weighted by atomic mass is 16.5. The Hall–Kier alpha value is -0.610. The molecule has 0 aliphatic carbocycles. The van der Waals surface area contributed by atoms with Gasteiger partial charge in [-0.3, -0.25) is 5.32 Å². The molecule has 0 aromatic heterocycles. The van der Waals surface area contributed by atoms with Crippen LogP contribution in [0.25, 0.3) is 0 Å². The second-order valence-corrected chi connectivity index (χ2v) is 2.93. The highest BCUT2D eigenvalue weighted by molar-refractivity contribution is 5.81. The largest absolute Gasteiger partial charge is 0.468 e. The van der Waals surface area contributed by atoms with Gasteiger partial charge >= 0.3 is 5.97 Å². The number of hydrogen-bond donors (Lipinski definition) is 2. The van der Waals surface area contributed by atoms with Crippen molar-refractivity contribution in [3.8, 4) is 0 Å². The van der Waals surface area contributed by atoms with Crippen molar-refractivity contribution in [3.63, 3.8) is 0 Å². The van der Waals surface area contributed by atoms with Gasteiger partial charge in [0.1, 0.15) is 5.54 Å². The van der Waals surface area contributed by atoms with E-state index < -0.39 is 17.6 Å². The Balaban J connectivity index is 2.72. The van der Waals surface area contributed by atoms with Gasteiger partial charge in [0.25, 0.3) is 0 Å². The van der Waals surface area contributed by atoms with Crippen molar-refractivity contribution >= 4 is 5.97 Å². The van der Waals surface area contributed by atoms with Gasteiger partial charge in [-0.05, 0) is 19.9 Å². The Labute approximate surface area is 65.5 Å². The van der Waals surface area contributed by atoms with E-state index in [4.69, 9.17) is 0 Å². The predicted octanol–water partition coefficient (Wildman–Crippen LogP) is -0.728. The van der Waals surface area contributed by atoms with Crippen molar-refractivity contribution in [2.75, 3.05) is 13.7 Å². The fourth-order valence-electron chi connectivity index (χ4n) is 1.30. The molecule has 2 N–H and O–H groups in total. The molecule has 2 atom stereocenters. The summed E-state index contributed by atoms with van der Waals surface area (Å²) in [6.07, 6.45) is -0.0269. The van der Waals surface area contributed by atoms with Crippen molar-refractivity contribution < 1.29 is 14.6 Å². The second-order valence-electron chi connectivity index (χ2n) is 2.93. The molecule has 0 spiro atoms. The number of methoxy groups -OCH3 is 1. The fraction of sp³-hybridized carbons (Fsp3) is 0.857. The minimum absolute atomic E-state index is 0.400. The Bertz CT molecular complexity index is 171. The summed E-state index contributed by atoms with van der Waals surface area (Å²) >= 11 is 0. The third kappa shape index (κ3) is 1.23. The van der Waals surface area contributed by atoms with Gasteiger partial charge in [-0.25, -0.2) is 4.79 Å². The van der Waals surface area contributed by atoms with E-state index in [0.717, 1.165) is 0 Å². The van der Waals surface area contributed by atoms with Gasteiger partial charge in [-0.1, -0.05) is 0 Å². The number of ether oxygens (including phenoxy) is 1. The Kier molecular flexibility index (Phi) is 2.15. The Morgan fingerprint density at radius 1 is 1.82 bits per heavy atom. The Morgan fingerprint density at radius 2 is 2.45 bits per heavy atom. The SMILES string of the molecule is COC(=O)[C@@]1(C)NCC[C@H]1O. The van der Waals surface area contributed by atoms with Crippen LogP contribution in [0.3, 0.4) is 0 Å². The number of aliphatic hydroxyl groups excluding tert-OH is 1. The molecule has 1 rings (SSSR count). The van der Waals surface area contributed by atoms with E-state index in [1.807, 2.05) is 0 Å². The molecular formula is C7H13NO3. The molecule has 1 fully saturated rings. The number of aliphatic hydroxyl groups is 1. The molecule has 1 saturated heterocycles. The lowest BCUT2D eigenvalue weighted by Gasteiger charge is -2.24. The van der Waals surface area contributed by atoms with Crippen LogP contribution in [0.1, 0.15) is 13.3 Å². The molecule has 0 amide bonds. The average Bonchev–Trinajstić information content (AvgIpc) is 2.32. The van der Waals surface area contributed by atoms with Crippen molar-refractivity contribution in [2.24, 2.45) is 0 Å². The molecule has 1 aliphatic rings. The molecule has 64 valence electrons. The number of hydrogen-bond acceptors (Lipinski definition) is 4. The highest BCUT2D eigenvalue weighted by Crippen LogP contribution is 2.20. The molecule has 0 saturated carbocycles. The van der Waals surface area contributed by atoms with Crippen LogP contribution in [0.5, 0.6) is 0 Å². The molecule has 0 unspecified atom stereocenters.